The summed E-state index contributed by atoms with van der Waals surface area (Å²) < 4.78 is 0. The summed E-state index contributed by atoms with van der Waals surface area (Å²) in [6.07, 6.45) is 2.56. The van der Waals surface area contributed by atoms with Crippen LogP contribution in [0.5, 0.6) is 0 Å². The van der Waals surface area contributed by atoms with Crippen molar-refractivity contribution in [1.82, 2.24) is 0 Å². The van der Waals surface area contributed by atoms with Gasteiger partial charge in [-0.3, -0.25) is 9.59 Å². The monoisotopic (exact) mass is 297 g/mol. The number of carbonyl (C=O) groups excluding carboxylic acids is 2. The molecule has 2 rings (SSSR count). The molecule has 20 heavy (non-hydrogen) atoms. The number of halogens is 1. The summed E-state index contributed by atoms with van der Waals surface area (Å²) in [7, 11) is 0. The van der Waals surface area contributed by atoms with Gasteiger partial charge < -0.3 is 16.0 Å². The van der Waals surface area contributed by atoms with Crippen LogP contribution in [0.4, 0.5) is 11.4 Å². The molecule has 0 aromatic heterocycles. The van der Waals surface area contributed by atoms with Crippen molar-refractivity contribution in [2.45, 2.75) is 32.2 Å². The Labute approximate surface area is 124 Å². The summed E-state index contributed by atoms with van der Waals surface area (Å²) in [4.78, 5) is 25.2. The van der Waals surface area contributed by atoms with Gasteiger partial charge in [-0.1, -0.05) is 6.07 Å². The Morgan fingerprint density at radius 1 is 1.40 bits per heavy atom. The second kappa shape index (κ2) is 7.26. The van der Waals surface area contributed by atoms with Gasteiger partial charge in [-0.2, -0.15) is 0 Å². The van der Waals surface area contributed by atoms with Gasteiger partial charge in [0.2, 0.25) is 11.8 Å². The number of nitrogens with zero attached hydrogens (tertiary/aromatic N) is 1. The average molecular weight is 298 g/mol. The smallest absolute Gasteiger partial charge is 0.240 e. The van der Waals surface area contributed by atoms with E-state index in [9.17, 15) is 9.59 Å². The van der Waals surface area contributed by atoms with Crippen molar-refractivity contribution in [1.29, 1.82) is 0 Å². The Hall–Kier alpha value is -1.59. The summed E-state index contributed by atoms with van der Waals surface area (Å²) in [5, 5.41) is 2.73. The highest BCUT2D eigenvalue weighted by atomic mass is 35.5. The number of nitrogens with two attached hydrogens (primary N) is 1. The van der Waals surface area contributed by atoms with Crippen LogP contribution in [0.2, 0.25) is 0 Å². The van der Waals surface area contributed by atoms with E-state index in [-0.39, 0.29) is 24.2 Å². The van der Waals surface area contributed by atoms with Gasteiger partial charge in [0, 0.05) is 24.3 Å². The SMILES string of the molecule is C[C@@H](N)C(=O)Nc1cccc(N2CCCCC2=O)c1.Cl. The second-order valence-electron chi connectivity index (χ2n) is 4.83. The number of anilines is 2. The van der Waals surface area contributed by atoms with Crippen LogP contribution in [0.15, 0.2) is 24.3 Å². The normalized spacial score (nSPS) is 16.3. The first-order chi connectivity index (χ1) is 9.08. The fraction of sp³-hybridized carbons (Fsp3) is 0.429. The number of carbonyl (C=O) groups is 2. The molecule has 5 nitrogen and oxygen atoms in total. The number of rotatable bonds is 3. The van der Waals surface area contributed by atoms with Crippen molar-refractivity contribution in [3.05, 3.63) is 24.3 Å². The lowest BCUT2D eigenvalue weighted by atomic mass is 10.1. The Bertz CT molecular complexity index is 491. The Morgan fingerprint density at radius 2 is 2.15 bits per heavy atom. The minimum atomic E-state index is -0.555. The minimum absolute atomic E-state index is 0. The van der Waals surface area contributed by atoms with Crippen LogP contribution < -0.4 is 16.0 Å². The molecule has 2 amide bonds. The van der Waals surface area contributed by atoms with E-state index in [2.05, 4.69) is 5.32 Å². The first kappa shape index (κ1) is 16.5. The molecule has 1 atom stereocenters. The summed E-state index contributed by atoms with van der Waals surface area (Å²) in [6, 6.07) is 6.75. The molecule has 3 N–H and O–H groups in total. The van der Waals surface area contributed by atoms with E-state index in [4.69, 9.17) is 5.73 Å². The van der Waals surface area contributed by atoms with E-state index < -0.39 is 6.04 Å². The molecule has 1 heterocycles. The molecule has 6 heteroatoms. The molecular formula is C14H20ClN3O2. The van der Waals surface area contributed by atoms with Crippen LogP contribution in [0, 0.1) is 0 Å². The highest BCUT2D eigenvalue weighted by molar-refractivity contribution is 5.97. The Kier molecular flexibility index (Phi) is 5.98. The van der Waals surface area contributed by atoms with Crippen molar-refractivity contribution < 1.29 is 9.59 Å². The van der Waals surface area contributed by atoms with Gasteiger partial charge in [0.05, 0.1) is 6.04 Å². The van der Waals surface area contributed by atoms with Gasteiger partial charge in [0.1, 0.15) is 0 Å². The predicted molar refractivity (Wildman–Crippen MR) is 82.2 cm³/mol. The van der Waals surface area contributed by atoms with Gasteiger partial charge in [0.25, 0.3) is 0 Å². The third-order valence-electron chi connectivity index (χ3n) is 3.16. The summed E-state index contributed by atoms with van der Waals surface area (Å²) >= 11 is 0. The van der Waals surface area contributed by atoms with Gasteiger partial charge in [-0.25, -0.2) is 0 Å². The lowest BCUT2D eigenvalue weighted by Gasteiger charge is -2.27. The topological polar surface area (TPSA) is 75.4 Å². The van der Waals surface area contributed by atoms with Crippen molar-refractivity contribution >= 4 is 35.6 Å². The number of nitrogens with one attached hydrogen (secondary N) is 1. The molecular weight excluding hydrogens is 278 g/mol. The number of amides is 2. The van der Waals surface area contributed by atoms with Crippen molar-refractivity contribution in [3.63, 3.8) is 0 Å². The van der Waals surface area contributed by atoms with E-state index >= 15 is 0 Å². The maximum Gasteiger partial charge on any atom is 0.240 e. The minimum Gasteiger partial charge on any atom is -0.325 e. The van der Waals surface area contributed by atoms with E-state index in [1.54, 1.807) is 17.9 Å². The molecule has 1 aromatic carbocycles. The summed E-state index contributed by atoms with van der Waals surface area (Å²) in [6.45, 7) is 2.37. The molecule has 1 aliphatic rings. The van der Waals surface area contributed by atoms with E-state index in [1.165, 1.54) is 0 Å². The maximum atomic E-state index is 11.9. The maximum absolute atomic E-state index is 11.9. The first-order valence-electron chi connectivity index (χ1n) is 6.55. The Balaban J connectivity index is 0.00000200. The van der Waals surface area contributed by atoms with Crippen LogP contribution in [0.25, 0.3) is 0 Å². The lowest BCUT2D eigenvalue weighted by molar-refractivity contribution is -0.119. The van der Waals surface area contributed by atoms with Gasteiger partial charge >= 0.3 is 0 Å². The molecule has 1 fully saturated rings. The highest BCUT2D eigenvalue weighted by Crippen LogP contribution is 2.23. The summed E-state index contributed by atoms with van der Waals surface area (Å²) in [5.74, 6) is -0.0935. The van der Waals surface area contributed by atoms with Gasteiger partial charge in [-0.15, -0.1) is 12.4 Å². The molecule has 0 saturated carbocycles. The fourth-order valence-corrected chi connectivity index (χ4v) is 2.09. The molecule has 0 unspecified atom stereocenters. The zero-order chi connectivity index (χ0) is 13.8. The number of piperidine rings is 1. The average Bonchev–Trinajstić information content (AvgIpc) is 2.39. The lowest BCUT2D eigenvalue weighted by Crippen LogP contribution is -2.35. The van der Waals surface area contributed by atoms with Crippen LogP contribution in [-0.4, -0.2) is 24.4 Å². The van der Waals surface area contributed by atoms with Crippen LogP contribution in [0.3, 0.4) is 0 Å². The largest absolute Gasteiger partial charge is 0.325 e. The zero-order valence-electron chi connectivity index (χ0n) is 11.5. The molecule has 1 aliphatic heterocycles. The number of hydrogen-bond acceptors (Lipinski definition) is 3. The number of hydrogen-bond donors (Lipinski definition) is 2. The Morgan fingerprint density at radius 3 is 2.80 bits per heavy atom. The quantitative estimate of drug-likeness (QED) is 0.895. The van der Waals surface area contributed by atoms with Gasteiger partial charge in [-0.05, 0) is 38.0 Å². The molecule has 110 valence electrons. The molecule has 0 spiro atoms. The zero-order valence-corrected chi connectivity index (χ0v) is 12.3. The molecule has 0 bridgehead atoms. The summed E-state index contributed by atoms with van der Waals surface area (Å²) in [5.41, 5.74) is 7.00. The predicted octanol–water partition coefficient (Wildman–Crippen LogP) is 1.91. The van der Waals surface area contributed by atoms with Crippen molar-refractivity contribution in [2.24, 2.45) is 5.73 Å². The molecule has 0 radical (unpaired) electrons. The standard InChI is InChI=1S/C14H19N3O2.ClH/c1-10(15)14(19)16-11-5-4-6-12(9-11)17-8-3-2-7-13(17)18;/h4-6,9-10H,2-3,7-8,15H2,1H3,(H,16,19);1H/t10-;/m1./s1. The molecule has 1 aromatic rings. The first-order valence-corrected chi connectivity index (χ1v) is 6.55. The second-order valence-corrected chi connectivity index (χ2v) is 4.83. The third-order valence-corrected chi connectivity index (χ3v) is 3.16. The van der Waals surface area contributed by atoms with E-state index in [0.29, 0.717) is 12.1 Å². The van der Waals surface area contributed by atoms with Crippen LogP contribution >= 0.6 is 12.4 Å². The highest BCUT2D eigenvalue weighted by Gasteiger charge is 2.19. The van der Waals surface area contributed by atoms with Crippen molar-refractivity contribution in [3.8, 4) is 0 Å². The van der Waals surface area contributed by atoms with Crippen LogP contribution in [-0.2, 0) is 9.59 Å². The number of benzene rings is 1. The van der Waals surface area contributed by atoms with E-state index in [1.807, 2.05) is 18.2 Å². The van der Waals surface area contributed by atoms with Crippen LogP contribution in [0.1, 0.15) is 26.2 Å². The van der Waals surface area contributed by atoms with E-state index in [0.717, 1.165) is 25.1 Å². The molecule has 1 saturated heterocycles. The molecule has 0 aliphatic carbocycles. The van der Waals surface area contributed by atoms with Crippen molar-refractivity contribution in [2.75, 3.05) is 16.8 Å². The third kappa shape index (κ3) is 3.95. The van der Waals surface area contributed by atoms with Gasteiger partial charge in [0.15, 0.2) is 0 Å². The fourth-order valence-electron chi connectivity index (χ4n) is 2.09.